The Kier molecular flexibility index (Phi) is 4.12. The van der Waals surface area contributed by atoms with Gasteiger partial charge in [0, 0.05) is 12.7 Å². The lowest BCUT2D eigenvalue weighted by atomic mass is 10.4. The van der Waals surface area contributed by atoms with Gasteiger partial charge < -0.3 is 14.6 Å². The Bertz CT molecular complexity index is 296. The van der Waals surface area contributed by atoms with E-state index < -0.39 is 0 Å². The van der Waals surface area contributed by atoms with Gasteiger partial charge in [-0.15, -0.1) is 0 Å². The molecule has 0 spiro atoms. The summed E-state index contributed by atoms with van der Waals surface area (Å²) in [4.78, 5) is 11.1. The zero-order chi connectivity index (χ0) is 10.4. The normalized spacial score (nSPS) is 10.1. The molecule has 1 aromatic heterocycles. The maximum absolute atomic E-state index is 11.1. The molecule has 0 bridgehead atoms. The van der Waals surface area contributed by atoms with E-state index in [1.54, 1.807) is 13.0 Å². The fourth-order valence-electron chi connectivity index (χ4n) is 0.936. The van der Waals surface area contributed by atoms with Gasteiger partial charge in [0.25, 0.3) is 0 Å². The van der Waals surface area contributed by atoms with E-state index in [1.165, 1.54) is 0 Å². The quantitative estimate of drug-likeness (QED) is 0.753. The van der Waals surface area contributed by atoms with Gasteiger partial charge in [-0.25, -0.2) is 0 Å². The molecule has 1 N–H and O–H groups in total. The van der Waals surface area contributed by atoms with Crippen LogP contribution in [0.2, 0.25) is 0 Å². The predicted molar refractivity (Wildman–Crippen MR) is 49.6 cm³/mol. The molecule has 78 valence electrons. The third-order valence-corrected chi connectivity index (χ3v) is 1.58. The summed E-state index contributed by atoms with van der Waals surface area (Å²) in [6.07, 6.45) is 0. The molecule has 1 heterocycles. The van der Waals surface area contributed by atoms with Crippen LogP contribution in [0.4, 0.5) is 0 Å². The summed E-state index contributed by atoms with van der Waals surface area (Å²) < 4.78 is 9.78. The number of aromatic nitrogens is 1. The van der Waals surface area contributed by atoms with Gasteiger partial charge >= 0.3 is 0 Å². The van der Waals surface area contributed by atoms with Crippen molar-refractivity contribution >= 4 is 5.91 Å². The third-order valence-electron chi connectivity index (χ3n) is 1.58. The first-order valence-corrected chi connectivity index (χ1v) is 4.49. The Labute approximate surface area is 82.4 Å². The first kappa shape index (κ1) is 10.7. The van der Waals surface area contributed by atoms with Crippen LogP contribution < -0.4 is 5.32 Å². The molecular formula is C9H14N2O3. The van der Waals surface area contributed by atoms with Crippen LogP contribution in [0.1, 0.15) is 18.4 Å². The van der Waals surface area contributed by atoms with Crippen molar-refractivity contribution in [1.29, 1.82) is 0 Å². The molecule has 5 heteroatoms. The van der Waals surface area contributed by atoms with E-state index in [2.05, 4.69) is 10.5 Å². The van der Waals surface area contributed by atoms with E-state index in [-0.39, 0.29) is 12.5 Å². The first-order valence-electron chi connectivity index (χ1n) is 4.49. The number of amides is 1. The third kappa shape index (κ3) is 3.57. The fraction of sp³-hybridized carbons (Fsp3) is 0.556. The van der Waals surface area contributed by atoms with Crippen LogP contribution in [0.25, 0.3) is 0 Å². The van der Waals surface area contributed by atoms with Gasteiger partial charge in [0.15, 0.2) is 0 Å². The Morgan fingerprint density at radius 3 is 3.07 bits per heavy atom. The summed E-state index contributed by atoms with van der Waals surface area (Å²) in [7, 11) is 0. The van der Waals surface area contributed by atoms with Crippen molar-refractivity contribution in [1.82, 2.24) is 10.5 Å². The van der Waals surface area contributed by atoms with Crippen LogP contribution in [0.3, 0.4) is 0 Å². The van der Waals surface area contributed by atoms with E-state index in [0.717, 1.165) is 5.76 Å². The van der Waals surface area contributed by atoms with Crippen molar-refractivity contribution in [3.05, 3.63) is 17.5 Å². The van der Waals surface area contributed by atoms with E-state index in [9.17, 15) is 4.79 Å². The minimum absolute atomic E-state index is 0.0906. The lowest BCUT2D eigenvalue weighted by molar-refractivity contribution is -0.125. The highest BCUT2D eigenvalue weighted by molar-refractivity contribution is 5.77. The van der Waals surface area contributed by atoms with Gasteiger partial charge in [0.2, 0.25) is 5.91 Å². The molecule has 0 saturated carbocycles. The number of carbonyl (C=O) groups is 1. The average Bonchev–Trinajstić information content (AvgIpc) is 2.58. The molecule has 14 heavy (non-hydrogen) atoms. The van der Waals surface area contributed by atoms with Crippen LogP contribution >= 0.6 is 0 Å². The highest BCUT2D eigenvalue weighted by Gasteiger charge is 2.03. The number of hydrogen-bond donors (Lipinski definition) is 1. The van der Waals surface area contributed by atoms with Gasteiger partial charge in [-0.05, 0) is 13.8 Å². The van der Waals surface area contributed by atoms with E-state index in [4.69, 9.17) is 9.26 Å². The minimum atomic E-state index is -0.146. The topological polar surface area (TPSA) is 64.4 Å². The minimum Gasteiger partial charge on any atom is -0.372 e. The lowest BCUT2D eigenvalue weighted by Crippen LogP contribution is -2.27. The molecule has 0 atom stereocenters. The number of nitrogens with zero attached hydrogens (tertiary/aromatic N) is 1. The van der Waals surface area contributed by atoms with E-state index >= 15 is 0 Å². The number of carbonyl (C=O) groups excluding carboxylic acids is 1. The summed E-state index contributed by atoms with van der Waals surface area (Å²) in [6, 6.07) is 1.78. The second kappa shape index (κ2) is 5.39. The summed E-state index contributed by atoms with van der Waals surface area (Å²) in [5.74, 6) is 0.589. The Hall–Kier alpha value is -1.36. The zero-order valence-electron chi connectivity index (χ0n) is 8.37. The molecule has 5 nitrogen and oxygen atoms in total. The van der Waals surface area contributed by atoms with Crippen LogP contribution in [0, 0.1) is 6.92 Å². The Balaban J connectivity index is 2.23. The number of hydrogen-bond acceptors (Lipinski definition) is 4. The molecule has 0 saturated heterocycles. The van der Waals surface area contributed by atoms with Crippen LogP contribution in [0.15, 0.2) is 10.6 Å². The predicted octanol–water partition coefficient (Wildman–Crippen LogP) is 0.636. The number of ether oxygens (including phenoxy) is 1. The van der Waals surface area contributed by atoms with Crippen molar-refractivity contribution < 1.29 is 14.1 Å². The molecule has 0 aliphatic heterocycles. The standard InChI is InChI=1S/C9H14N2O3/c1-3-13-6-9(12)10-5-8-4-7(2)14-11-8/h4H,3,5-6H2,1-2H3,(H,10,12). The maximum Gasteiger partial charge on any atom is 0.246 e. The average molecular weight is 198 g/mol. The summed E-state index contributed by atoms with van der Waals surface area (Å²) in [6.45, 7) is 4.65. The molecular weight excluding hydrogens is 184 g/mol. The molecule has 0 unspecified atom stereocenters. The molecule has 0 aromatic carbocycles. The zero-order valence-corrected chi connectivity index (χ0v) is 8.37. The first-order chi connectivity index (χ1) is 6.72. The van der Waals surface area contributed by atoms with Gasteiger partial charge in [0.1, 0.15) is 18.1 Å². The van der Waals surface area contributed by atoms with Crippen molar-refractivity contribution in [3.8, 4) is 0 Å². The van der Waals surface area contributed by atoms with Gasteiger partial charge in [0.05, 0.1) is 6.54 Å². The second-order valence-electron chi connectivity index (χ2n) is 2.84. The van der Waals surface area contributed by atoms with Crippen molar-refractivity contribution in [3.63, 3.8) is 0 Å². The Morgan fingerprint density at radius 2 is 2.50 bits per heavy atom. The highest BCUT2D eigenvalue weighted by Crippen LogP contribution is 2.00. The summed E-state index contributed by atoms with van der Waals surface area (Å²) in [5.41, 5.74) is 0.715. The monoisotopic (exact) mass is 198 g/mol. The van der Waals surface area contributed by atoms with E-state index in [0.29, 0.717) is 18.8 Å². The van der Waals surface area contributed by atoms with Crippen molar-refractivity contribution in [2.24, 2.45) is 0 Å². The fourth-order valence-corrected chi connectivity index (χ4v) is 0.936. The number of aryl methyl sites for hydroxylation is 1. The van der Waals surface area contributed by atoms with E-state index in [1.807, 2.05) is 6.92 Å². The maximum atomic E-state index is 11.1. The number of rotatable bonds is 5. The van der Waals surface area contributed by atoms with Gasteiger partial charge in [-0.1, -0.05) is 5.16 Å². The summed E-state index contributed by atoms with van der Waals surface area (Å²) in [5, 5.41) is 6.40. The van der Waals surface area contributed by atoms with Crippen molar-refractivity contribution in [2.45, 2.75) is 20.4 Å². The number of nitrogens with one attached hydrogen (secondary N) is 1. The lowest BCUT2D eigenvalue weighted by Gasteiger charge is -2.01. The van der Waals surface area contributed by atoms with Gasteiger partial charge in [-0.2, -0.15) is 0 Å². The molecule has 1 rings (SSSR count). The second-order valence-corrected chi connectivity index (χ2v) is 2.84. The largest absolute Gasteiger partial charge is 0.372 e. The molecule has 0 aliphatic carbocycles. The van der Waals surface area contributed by atoms with Crippen LogP contribution in [-0.2, 0) is 16.1 Å². The van der Waals surface area contributed by atoms with Gasteiger partial charge in [-0.3, -0.25) is 4.79 Å². The highest BCUT2D eigenvalue weighted by atomic mass is 16.5. The molecule has 1 aromatic rings. The SMILES string of the molecule is CCOCC(=O)NCc1cc(C)on1. The summed E-state index contributed by atoms with van der Waals surface area (Å²) >= 11 is 0. The van der Waals surface area contributed by atoms with Crippen LogP contribution in [-0.4, -0.2) is 24.3 Å². The van der Waals surface area contributed by atoms with Crippen molar-refractivity contribution in [2.75, 3.05) is 13.2 Å². The molecule has 1 amide bonds. The molecule has 0 fully saturated rings. The molecule has 0 aliphatic rings. The smallest absolute Gasteiger partial charge is 0.246 e. The Morgan fingerprint density at radius 1 is 1.71 bits per heavy atom. The molecule has 0 radical (unpaired) electrons. The van der Waals surface area contributed by atoms with Crippen LogP contribution in [0.5, 0.6) is 0 Å².